The Morgan fingerprint density at radius 1 is 1.59 bits per heavy atom. The van der Waals surface area contributed by atoms with Crippen LogP contribution in [0.4, 0.5) is 4.79 Å². The van der Waals surface area contributed by atoms with Gasteiger partial charge in [-0.3, -0.25) is 4.98 Å². The van der Waals surface area contributed by atoms with Gasteiger partial charge in [-0.15, -0.1) is 0 Å². The summed E-state index contributed by atoms with van der Waals surface area (Å²) >= 11 is 5.84. The van der Waals surface area contributed by atoms with E-state index in [1.54, 1.807) is 24.5 Å². The molecule has 0 saturated heterocycles. The summed E-state index contributed by atoms with van der Waals surface area (Å²) in [5, 5.41) is 6.43. The van der Waals surface area contributed by atoms with E-state index in [9.17, 15) is 4.79 Å². The highest BCUT2D eigenvalue weighted by molar-refractivity contribution is 6.30. The van der Waals surface area contributed by atoms with Crippen molar-refractivity contribution >= 4 is 17.7 Å². The van der Waals surface area contributed by atoms with Crippen molar-refractivity contribution in [3.05, 3.63) is 35.9 Å². The number of rotatable bonds is 2. The molecular weight excluding hydrogens is 244 g/mol. The van der Waals surface area contributed by atoms with Gasteiger partial charge in [0.1, 0.15) is 0 Å². The third-order valence-electron chi connectivity index (χ3n) is 1.96. The molecule has 2 aromatic rings. The third kappa shape index (κ3) is 2.54. The molecular formula is C10H9ClN4O2. The predicted molar refractivity (Wildman–Crippen MR) is 61.5 cm³/mol. The predicted octanol–water partition coefficient (Wildman–Crippen LogP) is 1.64. The zero-order valence-corrected chi connectivity index (χ0v) is 9.68. The highest BCUT2D eigenvalue weighted by Gasteiger charge is 2.12. The first kappa shape index (κ1) is 11.4. The van der Waals surface area contributed by atoms with E-state index in [4.69, 9.17) is 16.3 Å². The van der Waals surface area contributed by atoms with E-state index in [2.05, 4.69) is 15.4 Å². The Kier molecular flexibility index (Phi) is 3.24. The Bertz CT molecular complexity index is 526. The zero-order chi connectivity index (χ0) is 12.3. The Morgan fingerprint density at radius 3 is 3.06 bits per heavy atom. The molecule has 2 rings (SSSR count). The standard InChI is InChI=1S/C10H9ClN4O2/c1-12-10(16)17-8-6-15(14-9(8)11)7-3-2-4-13-5-7/h2-6H,1H3,(H,12,16). The van der Waals surface area contributed by atoms with Crippen molar-refractivity contribution in [2.45, 2.75) is 0 Å². The number of ether oxygens (including phenoxy) is 1. The molecule has 88 valence electrons. The fraction of sp³-hybridized carbons (Fsp3) is 0.100. The summed E-state index contributed by atoms with van der Waals surface area (Å²) in [5.41, 5.74) is 0.723. The topological polar surface area (TPSA) is 69.0 Å². The van der Waals surface area contributed by atoms with Gasteiger partial charge in [0.05, 0.1) is 18.1 Å². The van der Waals surface area contributed by atoms with Crippen LogP contribution in [-0.2, 0) is 0 Å². The van der Waals surface area contributed by atoms with E-state index >= 15 is 0 Å². The fourth-order valence-electron chi connectivity index (χ4n) is 1.18. The Hall–Kier alpha value is -2.08. The molecule has 1 amide bonds. The molecule has 1 N–H and O–H groups in total. The second-order valence-corrected chi connectivity index (χ2v) is 3.44. The molecule has 2 heterocycles. The lowest BCUT2D eigenvalue weighted by Crippen LogP contribution is -2.21. The van der Waals surface area contributed by atoms with Crippen LogP contribution in [0.5, 0.6) is 5.75 Å². The second kappa shape index (κ2) is 4.84. The Morgan fingerprint density at radius 2 is 2.41 bits per heavy atom. The minimum atomic E-state index is -0.599. The first-order valence-electron chi connectivity index (χ1n) is 4.76. The summed E-state index contributed by atoms with van der Waals surface area (Å²) in [7, 11) is 1.46. The fourth-order valence-corrected chi connectivity index (χ4v) is 1.35. The highest BCUT2D eigenvalue weighted by Crippen LogP contribution is 2.23. The summed E-state index contributed by atoms with van der Waals surface area (Å²) in [6.07, 6.45) is 4.18. The quantitative estimate of drug-likeness (QED) is 0.882. The molecule has 0 spiro atoms. The average Bonchev–Trinajstić information content (AvgIpc) is 2.72. The third-order valence-corrected chi connectivity index (χ3v) is 2.22. The molecule has 0 bridgehead atoms. The molecule has 0 aliphatic rings. The minimum Gasteiger partial charge on any atom is -0.405 e. The second-order valence-electron chi connectivity index (χ2n) is 3.08. The maximum absolute atomic E-state index is 11.0. The number of hydrogen-bond donors (Lipinski definition) is 1. The largest absolute Gasteiger partial charge is 0.412 e. The normalized spacial score (nSPS) is 10.0. The molecule has 17 heavy (non-hydrogen) atoms. The summed E-state index contributed by atoms with van der Waals surface area (Å²) in [5.74, 6) is 0.190. The van der Waals surface area contributed by atoms with Gasteiger partial charge in [0.15, 0.2) is 10.9 Å². The highest BCUT2D eigenvalue weighted by atomic mass is 35.5. The molecule has 0 unspecified atom stereocenters. The van der Waals surface area contributed by atoms with Gasteiger partial charge in [-0.2, -0.15) is 5.10 Å². The molecule has 0 atom stereocenters. The number of amides is 1. The van der Waals surface area contributed by atoms with Crippen molar-refractivity contribution < 1.29 is 9.53 Å². The van der Waals surface area contributed by atoms with Crippen molar-refractivity contribution in [2.24, 2.45) is 0 Å². The number of carbonyl (C=O) groups excluding carboxylic acids is 1. The van der Waals surface area contributed by atoms with E-state index in [1.165, 1.54) is 17.9 Å². The monoisotopic (exact) mass is 252 g/mol. The van der Waals surface area contributed by atoms with Crippen molar-refractivity contribution in [3.8, 4) is 11.4 Å². The van der Waals surface area contributed by atoms with Gasteiger partial charge >= 0.3 is 6.09 Å². The molecule has 2 aromatic heterocycles. The zero-order valence-electron chi connectivity index (χ0n) is 8.92. The molecule has 0 aromatic carbocycles. The van der Waals surface area contributed by atoms with E-state index in [0.717, 1.165) is 5.69 Å². The first-order chi connectivity index (χ1) is 8.20. The summed E-state index contributed by atoms with van der Waals surface area (Å²) in [4.78, 5) is 15.0. The SMILES string of the molecule is CNC(=O)Oc1cn(-c2cccnc2)nc1Cl. The molecule has 0 radical (unpaired) electrons. The summed E-state index contributed by atoms with van der Waals surface area (Å²) < 4.78 is 6.39. The number of nitrogens with zero attached hydrogens (tertiary/aromatic N) is 3. The number of hydrogen-bond acceptors (Lipinski definition) is 4. The van der Waals surface area contributed by atoms with E-state index < -0.39 is 6.09 Å². The van der Waals surface area contributed by atoms with Crippen LogP contribution < -0.4 is 10.1 Å². The van der Waals surface area contributed by atoms with Crippen LogP contribution in [0.15, 0.2) is 30.7 Å². The Balaban J connectivity index is 2.28. The molecule has 0 aliphatic heterocycles. The van der Waals surface area contributed by atoms with Crippen molar-refractivity contribution in [3.63, 3.8) is 0 Å². The van der Waals surface area contributed by atoms with Crippen LogP contribution in [-0.4, -0.2) is 27.9 Å². The lowest BCUT2D eigenvalue weighted by molar-refractivity contribution is 0.203. The van der Waals surface area contributed by atoms with Crippen molar-refractivity contribution in [1.82, 2.24) is 20.1 Å². The summed E-state index contributed by atoms with van der Waals surface area (Å²) in [6.45, 7) is 0. The van der Waals surface area contributed by atoms with Gasteiger partial charge in [-0.05, 0) is 12.1 Å². The van der Waals surface area contributed by atoms with Crippen molar-refractivity contribution in [1.29, 1.82) is 0 Å². The molecule has 0 fully saturated rings. The number of nitrogens with one attached hydrogen (secondary N) is 1. The number of pyridine rings is 1. The smallest absolute Gasteiger partial charge is 0.405 e. The van der Waals surface area contributed by atoms with Gasteiger partial charge in [0.2, 0.25) is 0 Å². The van der Waals surface area contributed by atoms with Gasteiger partial charge < -0.3 is 10.1 Å². The minimum absolute atomic E-state index is 0.109. The first-order valence-corrected chi connectivity index (χ1v) is 5.13. The van der Waals surface area contributed by atoms with Gasteiger partial charge in [-0.25, -0.2) is 9.48 Å². The molecule has 0 saturated carbocycles. The maximum atomic E-state index is 11.0. The molecule has 6 nitrogen and oxygen atoms in total. The van der Waals surface area contributed by atoms with Crippen LogP contribution in [0.3, 0.4) is 0 Å². The number of aromatic nitrogens is 3. The molecule has 7 heteroatoms. The van der Waals surface area contributed by atoms with Crippen LogP contribution >= 0.6 is 11.6 Å². The lowest BCUT2D eigenvalue weighted by atomic mass is 10.4. The average molecular weight is 253 g/mol. The van der Waals surface area contributed by atoms with Gasteiger partial charge in [-0.1, -0.05) is 11.6 Å². The van der Waals surface area contributed by atoms with E-state index in [1.807, 2.05) is 0 Å². The van der Waals surface area contributed by atoms with Crippen LogP contribution in [0.2, 0.25) is 5.15 Å². The van der Waals surface area contributed by atoms with E-state index in [-0.39, 0.29) is 10.9 Å². The van der Waals surface area contributed by atoms with Gasteiger partial charge in [0.25, 0.3) is 0 Å². The van der Waals surface area contributed by atoms with E-state index in [0.29, 0.717) is 0 Å². The summed E-state index contributed by atoms with van der Waals surface area (Å²) in [6, 6.07) is 3.57. The maximum Gasteiger partial charge on any atom is 0.412 e. The number of halogens is 1. The van der Waals surface area contributed by atoms with Gasteiger partial charge in [0, 0.05) is 13.2 Å². The van der Waals surface area contributed by atoms with Crippen LogP contribution in [0, 0.1) is 0 Å². The Labute approximate surface area is 102 Å². The van der Waals surface area contributed by atoms with Crippen LogP contribution in [0.1, 0.15) is 0 Å². The van der Waals surface area contributed by atoms with Crippen molar-refractivity contribution in [2.75, 3.05) is 7.05 Å². The molecule has 0 aliphatic carbocycles. The van der Waals surface area contributed by atoms with Crippen LogP contribution in [0.25, 0.3) is 5.69 Å². The lowest BCUT2D eigenvalue weighted by Gasteiger charge is -1.99. The number of carbonyl (C=O) groups is 1.